The molecule has 0 unspecified atom stereocenters. The van der Waals surface area contributed by atoms with Gasteiger partial charge in [0.25, 0.3) is 5.91 Å². The van der Waals surface area contributed by atoms with E-state index in [1.54, 1.807) is 13.2 Å². The van der Waals surface area contributed by atoms with Crippen LogP contribution in [0.4, 0.5) is 5.95 Å². The smallest absolute Gasteiger partial charge is 0.254 e. The molecule has 0 radical (unpaired) electrons. The molecule has 2 aliphatic rings. The highest BCUT2D eigenvalue weighted by Gasteiger charge is 2.25. The molecular weight excluding hydrogens is 340 g/mol. The molecule has 1 aromatic rings. The van der Waals surface area contributed by atoms with Gasteiger partial charge in [0.05, 0.1) is 17.4 Å². The highest BCUT2D eigenvalue weighted by atomic mass is 16.3. The fourth-order valence-corrected chi connectivity index (χ4v) is 4.59. The fraction of sp³-hybridized carbons (Fsp3) is 0.762. The van der Waals surface area contributed by atoms with E-state index in [2.05, 4.69) is 22.5 Å². The van der Waals surface area contributed by atoms with E-state index in [0.717, 1.165) is 56.6 Å². The summed E-state index contributed by atoms with van der Waals surface area (Å²) in [4.78, 5) is 21.4. The van der Waals surface area contributed by atoms with Crippen LogP contribution in [0.2, 0.25) is 0 Å². The van der Waals surface area contributed by atoms with Crippen molar-refractivity contribution < 1.29 is 9.90 Å². The highest BCUT2D eigenvalue weighted by Crippen LogP contribution is 2.30. The first-order chi connectivity index (χ1) is 13.1. The van der Waals surface area contributed by atoms with Gasteiger partial charge < -0.3 is 15.7 Å². The van der Waals surface area contributed by atoms with Crippen LogP contribution in [0.1, 0.15) is 80.8 Å². The number of aliphatic hydroxyl groups excluding tert-OH is 1. The van der Waals surface area contributed by atoms with Crippen molar-refractivity contribution in [3.63, 3.8) is 0 Å². The van der Waals surface area contributed by atoms with Crippen molar-refractivity contribution in [3.05, 3.63) is 17.5 Å². The lowest BCUT2D eigenvalue weighted by molar-refractivity contribution is 0.0956. The van der Waals surface area contributed by atoms with E-state index in [-0.39, 0.29) is 12.0 Å². The lowest BCUT2D eigenvalue weighted by Gasteiger charge is -2.29. The Hall–Kier alpha value is -1.69. The summed E-state index contributed by atoms with van der Waals surface area (Å²) in [6.07, 6.45) is 12.1. The van der Waals surface area contributed by atoms with Crippen LogP contribution in [0.15, 0.2) is 6.20 Å². The number of anilines is 1. The lowest BCUT2D eigenvalue weighted by Crippen LogP contribution is -2.28. The third-order valence-corrected chi connectivity index (χ3v) is 6.33. The second-order valence-electron chi connectivity index (χ2n) is 8.29. The number of amides is 1. The van der Waals surface area contributed by atoms with Crippen LogP contribution in [0, 0.1) is 11.8 Å². The standard InChI is InChI=1S/C21H34N4O2/c1-3-14-7-9-16(10-8-14)24-21-23-13-18(20(27)22-2)19(25-21)12-15-5-4-6-17(26)11-15/h13-17,26H,3-12H2,1-2H3,(H,22,27)(H,23,24,25)/t14?,15-,16?,17+/m1/s1. The number of aliphatic hydroxyl groups is 1. The van der Waals surface area contributed by atoms with Gasteiger partial charge in [-0.3, -0.25) is 4.79 Å². The fourth-order valence-electron chi connectivity index (χ4n) is 4.59. The minimum absolute atomic E-state index is 0.142. The van der Waals surface area contributed by atoms with E-state index in [0.29, 0.717) is 23.5 Å². The molecule has 1 amide bonds. The number of aromatic nitrogens is 2. The summed E-state index contributed by atoms with van der Waals surface area (Å²) < 4.78 is 0. The minimum Gasteiger partial charge on any atom is -0.393 e. The number of carbonyl (C=O) groups excluding carboxylic acids is 1. The molecule has 0 aromatic carbocycles. The minimum atomic E-state index is -0.222. The van der Waals surface area contributed by atoms with E-state index in [1.807, 2.05) is 0 Å². The molecule has 1 aromatic heterocycles. The van der Waals surface area contributed by atoms with Crippen LogP contribution < -0.4 is 10.6 Å². The second-order valence-corrected chi connectivity index (χ2v) is 8.29. The van der Waals surface area contributed by atoms with Crippen LogP contribution in [-0.4, -0.2) is 40.2 Å². The molecule has 2 aliphatic carbocycles. The molecule has 0 bridgehead atoms. The molecular formula is C21H34N4O2. The highest BCUT2D eigenvalue weighted by molar-refractivity contribution is 5.94. The first-order valence-electron chi connectivity index (χ1n) is 10.6. The number of hydrogen-bond donors (Lipinski definition) is 3. The van der Waals surface area contributed by atoms with Crippen LogP contribution in [0.3, 0.4) is 0 Å². The molecule has 6 nitrogen and oxygen atoms in total. The zero-order chi connectivity index (χ0) is 19.2. The van der Waals surface area contributed by atoms with Crippen LogP contribution in [0.5, 0.6) is 0 Å². The molecule has 3 rings (SSSR count). The molecule has 2 saturated carbocycles. The summed E-state index contributed by atoms with van der Waals surface area (Å²) in [5.41, 5.74) is 1.35. The van der Waals surface area contributed by atoms with Crippen LogP contribution in [-0.2, 0) is 6.42 Å². The Bertz CT molecular complexity index is 629. The first-order valence-corrected chi connectivity index (χ1v) is 10.6. The molecule has 3 N–H and O–H groups in total. The first kappa shape index (κ1) is 20.1. The van der Waals surface area contributed by atoms with Crippen LogP contribution >= 0.6 is 0 Å². The SMILES string of the molecule is CCC1CCC(Nc2ncc(C(=O)NC)c(C[C@@H]3CCC[C@H](O)C3)n2)CC1. The summed E-state index contributed by atoms with van der Waals surface area (Å²) in [7, 11) is 1.63. The summed E-state index contributed by atoms with van der Waals surface area (Å²) in [5, 5.41) is 16.2. The third-order valence-electron chi connectivity index (χ3n) is 6.33. The van der Waals surface area contributed by atoms with Crippen molar-refractivity contribution in [1.82, 2.24) is 15.3 Å². The third kappa shape index (κ3) is 5.41. The molecule has 1 heterocycles. The Morgan fingerprint density at radius 1 is 1.19 bits per heavy atom. The van der Waals surface area contributed by atoms with E-state index >= 15 is 0 Å². The van der Waals surface area contributed by atoms with Crippen molar-refractivity contribution in [1.29, 1.82) is 0 Å². The van der Waals surface area contributed by atoms with Gasteiger partial charge >= 0.3 is 0 Å². The van der Waals surface area contributed by atoms with Crippen molar-refractivity contribution in [2.75, 3.05) is 12.4 Å². The Morgan fingerprint density at radius 3 is 2.63 bits per heavy atom. The molecule has 2 fully saturated rings. The molecule has 0 aliphatic heterocycles. The Labute approximate surface area is 162 Å². The van der Waals surface area contributed by atoms with Gasteiger partial charge in [-0.1, -0.05) is 19.8 Å². The average molecular weight is 375 g/mol. The predicted molar refractivity (Wildman–Crippen MR) is 107 cm³/mol. The maximum absolute atomic E-state index is 12.2. The predicted octanol–water partition coefficient (Wildman–Crippen LogP) is 3.31. The quantitative estimate of drug-likeness (QED) is 0.711. The Balaban J connectivity index is 1.71. The summed E-state index contributed by atoms with van der Waals surface area (Å²) in [5.74, 6) is 1.72. The number of carbonyl (C=O) groups is 1. The summed E-state index contributed by atoms with van der Waals surface area (Å²) in [6, 6.07) is 0.419. The Morgan fingerprint density at radius 2 is 1.96 bits per heavy atom. The molecule has 6 heteroatoms. The van der Waals surface area contributed by atoms with Crippen molar-refractivity contribution in [3.8, 4) is 0 Å². The van der Waals surface area contributed by atoms with Gasteiger partial charge in [-0.05, 0) is 63.2 Å². The maximum Gasteiger partial charge on any atom is 0.254 e. The van der Waals surface area contributed by atoms with Gasteiger partial charge in [0, 0.05) is 19.3 Å². The number of hydrogen-bond acceptors (Lipinski definition) is 5. The normalized spacial score (nSPS) is 28.6. The molecule has 0 spiro atoms. The number of rotatable bonds is 6. The van der Waals surface area contributed by atoms with Gasteiger partial charge in [0.15, 0.2) is 0 Å². The van der Waals surface area contributed by atoms with Gasteiger partial charge in [0.2, 0.25) is 5.95 Å². The maximum atomic E-state index is 12.2. The zero-order valence-electron chi connectivity index (χ0n) is 16.7. The lowest BCUT2D eigenvalue weighted by atomic mass is 9.83. The van der Waals surface area contributed by atoms with E-state index in [1.165, 1.54) is 19.3 Å². The Kier molecular flexibility index (Phi) is 7.05. The van der Waals surface area contributed by atoms with Gasteiger partial charge in [-0.25, -0.2) is 9.97 Å². The zero-order valence-corrected chi connectivity index (χ0v) is 16.7. The second kappa shape index (κ2) is 9.49. The molecule has 27 heavy (non-hydrogen) atoms. The molecule has 150 valence electrons. The van der Waals surface area contributed by atoms with Gasteiger partial charge in [0.1, 0.15) is 0 Å². The van der Waals surface area contributed by atoms with E-state index in [9.17, 15) is 9.90 Å². The van der Waals surface area contributed by atoms with Gasteiger partial charge in [-0.15, -0.1) is 0 Å². The topological polar surface area (TPSA) is 87.1 Å². The largest absolute Gasteiger partial charge is 0.393 e. The number of nitrogens with one attached hydrogen (secondary N) is 2. The van der Waals surface area contributed by atoms with Crippen molar-refractivity contribution in [2.24, 2.45) is 11.8 Å². The molecule has 0 saturated heterocycles. The van der Waals surface area contributed by atoms with Crippen molar-refractivity contribution >= 4 is 11.9 Å². The summed E-state index contributed by atoms with van der Waals surface area (Å²) in [6.45, 7) is 2.27. The van der Waals surface area contributed by atoms with E-state index < -0.39 is 0 Å². The number of nitrogens with zero attached hydrogens (tertiary/aromatic N) is 2. The van der Waals surface area contributed by atoms with Crippen molar-refractivity contribution in [2.45, 2.75) is 83.3 Å². The molecule has 2 atom stereocenters. The van der Waals surface area contributed by atoms with Crippen LogP contribution in [0.25, 0.3) is 0 Å². The average Bonchev–Trinajstić information content (AvgIpc) is 2.68. The monoisotopic (exact) mass is 374 g/mol. The van der Waals surface area contributed by atoms with E-state index in [4.69, 9.17) is 4.98 Å². The van der Waals surface area contributed by atoms with Gasteiger partial charge in [-0.2, -0.15) is 0 Å². The summed E-state index contributed by atoms with van der Waals surface area (Å²) >= 11 is 0.